The summed E-state index contributed by atoms with van der Waals surface area (Å²) in [5, 5.41) is 13.6. The standard InChI is InChI=1S/C21H13ClFN3O3/c1-11-4-2-5-14(22)17(11)20(27)26-16-6-3-9-24-19(16)18(25-26)13-8-7-12(21(28)29)10-15(13)23/h2-10H,1H3,(H,28,29). The first-order valence-corrected chi connectivity index (χ1v) is 8.93. The molecule has 0 aliphatic rings. The van der Waals surface area contributed by atoms with E-state index < -0.39 is 17.7 Å². The fourth-order valence-electron chi connectivity index (χ4n) is 3.14. The number of hydrogen-bond donors (Lipinski definition) is 1. The molecule has 8 heteroatoms. The Balaban J connectivity index is 1.94. The van der Waals surface area contributed by atoms with Gasteiger partial charge in [0.25, 0.3) is 5.91 Å². The smallest absolute Gasteiger partial charge is 0.335 e. The number of halogens is 2. The van der Waals surface area contributed by atoms with Crippen molar-refractivity contribution in [2.75, 3.05) is 0 Å². The van der Waals surface area contributed by atoms with Crippen LogP contribution in [0.25, 0.3) is 22.3 Å². The molecule has 0 saturated heterocycles. The Kier molecular flexibility index (Phi) is 4.60. The van der Waals surface area contributed by atoms with Gasteiger partial charge in [0.05, 0.1) is 21.7 Å². The molecular formula is C21H13ClFN3O3. The molecule has 0 unspecified atom stereocenters. The quantitative estimate of drug-likeness (QED) is 0.535. The molecule has 6 nitrogen and oxygen atoms in total. The van der Waals surface area contributed by atoms with E-state index in [2.05, 4.69) is 10.1 Å². The number of hydrogen-bond acceptors (Lipinski definition) is 4. The van der Waals surface area contributed by atoms with E-state index in [4.69, 9.17) is 16.7 Å². The summed E-state index contributed by atoms with van der Waals surface area (Å²) in [7, 11) is 0. The highest BCUT2D eigenvalue weighted by Gasteiger charge is 2.23. The summed E-state index contributed by atoms with van der Waals surface area (Å²) in [6.45, 7) is 1.76. The van der Waals surface area contributed by atoms with E-state index in [1.165, 1.54) is 18.3 Å². The summed E-state index contributed by atoms with van der Waals surface area (Å²) in [4.78, 5) is 28.5. The number of carbonyl (C=O) groups excluding carboxylic acids is 1. The number of carboxylic acids is 1. The third-order valence-corrected chi connectivity index (χ3v) is 4.85. The molecule has 0 spiro atoms. The van der Waals surface area contributed by atoms with E-state index in [1.807, 2.05) is 0 Å². The van der Waals surface area contributed by atoms with Crippen LogP contribution in [0, 0.1) is 12.7 Å². The second-order valence-electron chi connectivity index (χ2n) is 6.37. The Hall–Kier alpha value is -3.58. The van der Waals surface area contributed by atoms with Crippen LogP contribution in [-0.2, 0) is 0 Å². The molecule has 0 radical (unpaired) electrons. The van der Waals surface area contributed by atoms with Crippen molar-refractivity contribution < 1.29 is 19.1 Å². The molecule has 29 heavy (non-hydrogen) atoms. The lowest BCUT2D eigenvalue weighted by Crippen LogP contribution is -2.15. The Morgan fingerprint density at radius 3 is 2.62 bits per heavy atom. The highest BCUT2D eigenvalue weighted by molar-refractivity contribution is 6.34. The van der Waals surface area contributed by atoms with Crippen molar-refractivity contribution in [2.24, 2.45) is 0 Å². The molecule has 0 aliphatic heterocycles. The Bertz CT molecular complexity index is 1280. The topological polar surface area (TPSA) is 85.1 Å². The molecule has 144 valence electrons. The van der Waals surface area contributed by atoms with Gasteiger partial charge >= 0.3 is 5.97 Å². The van der Waals surface area contributed by atoms with Gasteiger partial charge in [-0.15, -0.1) is 0 Å². The average molecular weight is 410 g/mol. The summed E-state index contributed by atoms with van der Waals surface area (Å²) in [5.41, 5.74) is 1.64. The van der Waals surface area contributed by atoms with E-state index in [9.17, 15) is 14.0 Å². The maximum atomic E-state index is 14.6. The lowest BCUT2D eigenvalue weighted by Gasteiger charge is -2.07. The second kappa shape index (κ2) is 7.10. The van der Waals surface area contributed by atoms with Gasteiger partial charge in [0.2, 0.25) is 0 Å². The third-order valence-electron chi connectivity index (χ3n) is 4.54. The zero-order valence-corrected chi connectivity index (χ0v) is 15.8. The SMILES string of the molecule is Cc1cccc(Cl)c1C(=O)n1nc(-c2ccc(C(=O)O)cc2F)c2ncccc21. The summed E-state index contributed by atoms with van der Waals surface area (Å²) < 4.78 is 15.8. The first kappa shape index (κ1) is 18.8. The molecule has 0 fully saturated rings. The number of aromatic carboxylic acids is 1. The predicted molar refractivity (Wildman–Crippen MR) is 106 cm³/mol. The lowest BCUT2D eigenvalue weighted by atomic mass is 10.1. The van der Waals surface area contributed by atoms with Gasteiger partial charge in [-0.25, -0.2) is 9.18 Å². The van der Waals surface area contributed by atoms with Crippen LogP contribution < -0.4 is 0 Å². The minimum absolute atomic E-state index is 0.0427. The Labute approximate surface area is 169 Å². The molecule has 0 saturated carbocycles. The predicted octanol–water partition coefficient (Wildman–Crippen LogP) is 4.59. The minimum atomic E-state index is -1.24. The molecule has 4 rings (SSSR count). The monoisotopic (exact) mass is 409 g/mol. The van der Waals surface area contributed by atoms with E-state index in [0.717, 1.165) is 10.7 Å². The van der Waals surface area contributed by atoms with Crippen LogP contribution in [0.15, 0.2) is 54.7 Å². The molecule has 0 atom stereocenters. The molecule has 4 aromatic rings. The summed E-state index contributed by atoms with van der Waals surface area (Å²) in [6.07, 6.45) is 1.51. The van der Waals surface area contributed by atoms with Crippen LogP contribution in [0.4, 0.5) is 4.39 Å². The van der Waals surface area contributed by atoms with Gasteiger partial charge in [-0.1, -0.05) is 23.7 Å². The minimum Gasteiger partial charge on any atom is -0.478 e. The van der Waals surface area contributed by atoms with Gasteiger partial charge < -0.3 is 5.11 Å². The summed E-state index contributed by atoms with van der Waals surface area (Å²) >= 11 is 6.23. The van der Waals surface area contributed by atoms with Crippen LogP contribution in [0.5, 0.6) is 0 Å². The highest BCUT2D eigenvalue weighted by atomic mass is 35.5. The number of fused-ring (bicyclic) bond motifs is 1. The Morgan fingerprint density at radius 1 is 1.14 bits per heavy atom. The van der Waals surface area contributed by atoms with Crippen molar-refractivity contribution in [3.63, 3.8) is 0 Å². The summed E-state index contributed by atoms with van der Waals surface area (Å²) in [5.74, 6) is -2.49. The number of benzene rings is 2. The van der Waals surface area contributed by atoms with Crippen molar-refractivity contribution in [3.8, 4) is 11.3 Å². The first-order valence-electron chi connectivity index (χ1n) is 8.55. The average Bonchev–Trinajstić information content (AvgIpc) is 3.07. The van der Waals surface area contributed by atoms with Crippen LogP contribution in [0.1, 0.15) is 26.3 Å². The maximum Gasteiger partial charge on any atom is 0.335 e. The molecular weight excluding hydrogens is 397 g/mol. The van der Waals surface area contributed by atoms with E-state index in [1.54, 1.807) is 37.3 Å². The van der Waals surface area contributed by atoms with Crippen LogP contribution >= 0.6 is 11.6 Å². The van der Waals surface area contributed by atoms with Gasteiger partial charge in [-0.2, -0.15) is 9.78 Å². The van der Waals surface area contributed by atoms with E-state index >= 15 is 0 Å². The van der Waals surface area contributed by atoms with E-state index in [-0.39, 0.29) is 27.4 Å². The number of rotatable bonds is 3. The number of aromatic nitrogens is 3. The van der Waals surface area contributed by atoms with Crippen molar-refractivity contribution in [3.05, 3.63) is 82.3 Å². The van der Waals surface area contributed by atoms with Gasteiger partial charge in [-0.05, 0) is 48.9 Å². The van der Waals surface area contributed by atoms with Gasteiger partial charge in [0.15, 0.2) is 0 Å². The molecule has 2 heterocycles. The van der Waals surface area contributed by atoms with Crippen molar-refractivity contribution >= 4 is 34.5 Å². The number of pyridine rings is 1. The van der Waals surface area contributed by atoms with Crippen LogP contribution in [0.3, 0.4) is 0 Å². The molecule has 0 bridgehead atoms. The number of aryl methyl sites for hydroxylation is 1. The van der Waals surface area contributed by atoms with Crippen molar-refractivity contribution in [1.82, 2.24) is 14.8 Å². The normalized spacial score (nSPS) is 11.0. The van der Waals surface area contributed by atoms with E-state index in [0.29, 0.717) is 16.6 Å². The number of carbonyl (C=O) groups is 2. The highest BCUT2D eigenvalue weighted by Crippen LogP contribution is 2.30. The number of nitrogens with zero attached hydrogens (tertiary/aromatic N) is 3. The molecule has 1 N–H and O–H groups in total. The van der Waals surface area contributed by atoms with Crippen LogP contribution in [0.2, 0.25) is 5.02 Å². The fraction of sp³-hybridized carbons (Fsp3) is 0.0476. The van der Waals surface area contributed by atoms with Gasteiger partial charge in [-0.3, -0.25) is 9.78 Å². The molecule has 2 aromatic carbocycles. The molecule has 0 aliphatic carbocycles. The first-order chi connectivity index (χ1) is 13.9. The number of carboxylic acid groups (broad SMARTS) is 1. The lowest BCUT2D eigenvalue weighted by molar-refractivity contribution is 0.0696. The van der Waals surface area contributed by atoms with Gasteiger partial charge in [0.1, 0.15) is 17.0 Å². The zero-order chi connectivity index (χ0) is 20.7. The summed E-state index contributed by atoms with van der Waals surface area (Å²) in [6, 6.07) is 11.9. The molecule has 0 amide bonds. The molecule has 2 aromatic heterocycles. The third kappa shape index (κ3) is 3.15. The van der Waals surface area contributed by atoms with Crippen LogP contribution in [-0.4, -0.2) is 31.7 Å². The fourth-order valence-corrected chi connectivity index (χ4v) is 3.44. The maximum absolute atomic E-state index is 14.6. The van der Waals surface area contributed by atoms with Gasteiger partial charge in [0, 0.05) is 11.8 Å². The zero-order valence-electron chi connectivity index (χ0n) is 15.1. The Morgan fingerprint density at radius 2 is 1.93 bits per heavy atom. The second-order valence-corrected chi connectivity index (χ2v) is 6.78. The van der Waals surface area contributed by atoms with Crippen molar-refractivity contribution in [1.29, 1.82) is 0 Å². The largest absolute Gasteiger partial charge is 0.478 e. The van der Waals surface area contributed by atoms with Crippen molar-refractivity contribution in [2.45, 2.75) is 6.92 Å².